The van der Waals surface area contributed by atoms with E-state index in [1.54, 1.807) is 6.92 Å². The molecule has 0 aliphatic heterocycles. The van der Waals surface area contributed by atoms with Crippen LogP contribution in [0.5, 0.6) is 0 Å². The summed E-state index contributed by atoms with van der Waals surface area (Å²) in [5, 5.41) is 0. The van der Waals surface area contributed by atoms with Gasteiger partial charge in [-0.05, 0) is 77.2 Å². The van der Waals surface area contributed by atoms with E-state index in [4.69, 9.17) is 13.0 Å². The van der Waals surface area contributed by atoms with Crippen LogP contribution in [0.15, 0.2) is 12.2 Å². The third kappa shape index (κ3) is 15.2. The van der Waals surface area contributed by atoms with Gasteiger partial charge in [-0.3, -0.25) is 0 Å². The van der Waals surface area contributed by atoms with Crippen LogP contribution < -0.4 is 0 Å². The van der Waals surface area contributed by atoms with E-state index in [0.717, 1.165) is 12.5 Å². The molecule has 0 aliphatic rings. The smallest absolute Gasteiger partial charge is 0.333 e. The molecule has 208 valence electrons. The summed E-state index contributed by atoms with van der Waals surface area (Å²) in [6, 6.07) is 3.41. The number of hydrogen-bond acceptors (Lipinski definition) is 5. The number of nitrogens with zero attached hydrogens (tertiary/aromatic N) is 1. The van der Waals surface area contributed by atoms with Gasteiger partial charge >= 0.3 is 14.5 Å². The van der Waals surface area contributed by atoms with E-state index >= 15 is 0 Å². The number of esters is 1. The molecular formula is C25H59NO4Si5. The zero-order chi connectivity index (χ0) is 27.7. The van der Waals surface area contributed by atoms with Gasteiger partial charge in [0, 0.05) is 5.57 Å². The van der Waals surface area contributed by atoms with Crippen molar-refractivity contribution in [1.29, 1.82) is 0 Å². The molecule has 0 fully saturated rings. The molecule has 5 nitrogen and oxygen atoms in total. The molecule has 0 bridgehead atoms. The van der Waals surface area contributed by atoms with Gasteiger partial charge in [0.05, 0.1) is 6.61 Å². The molecule has 35 heavy (non-hydrogen) atoms. The Bertz CT molecular complexity index is 660. The Balaban J connectivity index is 5.14. The summed E-state index contributed by atoms with van der Waals surface area (Å²) in [6.07, 6.45) is 4.53. The monoisotopic (exact) mass is 577 g/mol. The molecule has 0 heterocycles. The molecule has 0 aliphatic carbocycles. The molecule has 1 unspecified atom stereocenters. The first kappa shape index (κ1) is 35.2. The van der Waals surface area contributed by atoms with Crippen LogP contribution in [0.2, 0.25) is 90.1 Å². The molecule has 0 saturated carbocycles. The summed E-state index contributed by atoms with van der Waals surface area (Å²) >= 11 is 0. The van der Waals surface area contributed by atoms with E-state index in [9.17, 15) is 4.79 Å². The van der Waals surface area contributed by atoms with Crippen molar-refractivity contribution in [2.45, 2.75) is 130 Å². The Morgan fingerprint density at radius 2 is 1.29 bits per heavy atom. The van der Waals surface area contributed by atoms with Crippen LogP contribution >= 0.6 is 0 Å². The van der Waals surface area contributed by atoms with Crippen LogP contribution in [0.25, 0.3) is 0 Å². The zero-order valence-corrected chi connectivity index (χ0v) is 30.7. The van der Waals surface area contributed by atoms with Crippen molar-refractivity contribution in [1.82, 2.24) is 4.23 Å². The zero-order valence-electron chi connectivity index (χ0n) is 25.7. The van der Waals surface area contributed by atoms with Crippen LogP contribution in [0.3, 0.4) is 0 Å². The van der Waals surface area contributed by atoms with Gasteiger partial charge in [0.1, 0.15) is 16.5 Å². The van der Waals surface area contributed by atoms with E-state index in [-0.39, 0.29) is 5.97 Å². The molecule has 1 atom stereocenters. The average Bonchev–Trinajstić information content (AvgIpc) is 2.63. The van der Waals surface area contributed by atoms with Gasteiger partial charge in [-0.15, -0.1) is 0 Å². The Morgan fingerprint density at radius 1 is 0.771 bits per heavy atom. The quantitative estimate of drug-likeness (QED) is 0.0711. The van der Waals surface area contributed by atoms with Crippen molar-refractivity contribution in [3.05, 3.63) is 12.2 Å². The number of ether oxygens (including phenoxy) is 1. The molecule has 0 spiro atoms. The molecule has 0 aromatic carbocycles. The lowest BCUT2D eigenvalue weighted by atomic mass is 10.4. The highest BCUT2D eigenvalue weighted by atomic mass is 28.5. The molecular weight excluding hydrogens is 519 g/mol. The normalized spacial score (nSPS) is 15.3. The number of hydrogen-bond donors (Lipinski definition) is 0. The standard InChI is InChI=1S/C25H59NO4Si5/c1-15-16-22-35(14,23-17-19-26(31(4,5)6)32(7,8)9)30-34(12,13)29-33(10,11)21-18-20-28-25(27)24(2)3/h2,15-23H2,1,3-14H3. The maximum absolute atomic E-state index is 11.6. The van der Waals surface area contributed by atoms with Crippen LogP contribution in [0.4, 0.5) is 0 Å². The van der Waals surface area contributed by atoms with Crippen LogP contribution in [0, 0.1) is 0 Å². The third-order valence-electron chi connectivity index (χ3n) is 6.29. The molecule has 0 aromatic rings. The summed E-state index contributed by atoms with van der Waals surface area (Å²) in [4.78, 5) is 11.6. The Kier molecular flexibility index (Phi) is 14.4. The molecule has 0 radical (unpaired) electrons. The SMILES string of the molecule is C=C(C)C(=O)OCCC[Si](C)(C)O[Si](C)(C)O[Si](C)(CCCC)CCCN([Si](C)(C)C)[Si](C)(C)C. The number of carbonyl (C=O) groups excluding carboxylic acids is 1. The minimum atomic E-state index is -2.27. The molecule has 0 amide bonds. The maximum Gasteiger partial charge on any atom is 0.333 e. The predicted octanol–water partition coefficient (Wildman–Crippen LogP) is 8.17. The first-order chi connectivity index (χ1) is 15.6. The van der Waals surface area contributed by atoms with Crippen molar-refractivity contribution in [2.24, 2.45) is 0 Å². The summed E-state index contributed by atoms with van der Waals surface area (Å²) in [5.74, 6) is -0.303. The lowest BCUT2D eigenvalue weighted by Gasteiger charge is -2.44. The largest absolute Gasteiger partial charge is 0.462 e. The van der Waals surface area contributed by atoms with E-state index in [2.05, 4.69) is 89.8 Å². The van der Waals surface area contributed by atoms with Crippen molar-refractivity contribution >= 4 is 47.6 Å². The Morgan fingerprint density at radius 3 is 1.74 bits per heavy atom. The average molecular weight is 578 g/mol. The number of unbranched alkanes of at least 4 members (excludes halogenated alkanes) is 1. The maximum atomic E-state index is 11.6. The van der Waals surface area contributed by atoms with Crippen molar-refractivity contribution in [2.75, 3.05) is 13.2 Å². The second-order valence-corrected chi connectivity index (χ2v) is 36.1. The fourth-order valence-corrected chi connectivity index (χ4v) is 30.0. The van der Waals surface area contributed by atoms with Gasteiger partial charge in [0.15, 0.2) is 16.6 Å². The third-order valence-corrected chi connectivity index (χ3v) is 26.5. The molecule has 0 rings (SSSR count). The van der Waals surface area contributed by atoms with Crippen molar-refractivity contribution in [3.8, 4) is 0 Å². The van der Waals surface area contributed by atoms with Gasteiger partial charge in [-0.2, -0.15) is 0 Å². The predicted molar refractivity (Wildman–Crippen MR) is 166 cm³/mol. The summed E-state index contributed by atoms with van der Waals surface area (Å²) in [6.45, 7) is 35.7. The highest BCUT2D eigenvalue weighted by Gasteiger charge is 2.42. The minimum absolute atomic E-state index is 0.303. The second-order valence-electron chi connectivity index (χ2n) is 13.5. The summed E-state index contributed by atoms with van der Waals surface area (Å²) in [5.41, 5.74) is 0.453. The molecule has 0 N–H and O–H groups in total. The van der Waals surface area contributed by atoms with Gasteiger partial charge < -0.3 is 17.2 Å². The van der Waals surface area contributed by atoms with E-state index in [1.165, 1.54) is 37.9 Å². The van der Waals surface area contributed by atoms with E-state index in [1.807, 2.05) is 0 Å². The van der Waals surface area contributed by atoms with Crippen LogP contribution in [-0.4, -0.2) is 65.0 Å². The fourth-order valence-electron chi connectivity index (χ4n) is 5.18. The van der Waals surface area contributed by atoms with Crippen molar-refractivity contribution < 1.29 is 17.8 Å². The fraction of sp³-hybridized carbons (Fsp3) is 0.880. The topological polar surface area (TPSA) is 48.0 Å². The van der Waals surface area contributed by atoms with Crippen molar-refractivity contribution in [3.63, 3.8) is 0 Å². The molecule has 0 aromatic heterocycles. The number of rotatable bonds is 18. The van der Waals surface area contributed by atoms with Crippen LogP contribution in [0.1, 0.15) is 39.5 Å². The van der Waals surface area contributed by atoms with Gasteiger partial charge in [-0.25, -0.2) is 4.79 Å². The summed E-state index contributed by atoms with van der Waals surface area (Å²) in [7, 11) is -8.72. The highest BCUT2D eigenvalue weighted by molar-refractivity contribution is 6.90. The highest BCUT2D eigenvalue weighted by Crippen LogP contribution is 2.30. The summed E-state index contributed by atoms with van der Waals surface area (Å²) < 4.78 is 22.1. The second kappa shape index (κ2) is 14.4. The van der Waals surface area contributed by atoms with Gasteiger partial charge in [-0.1, -0.05) is 65.6 Å². The van der Waals surface area contributed by atoms with Gasteiger partial charge in [0.25, 0.3) is 0 Å². The van der Waals surface area contributed by atoms with E-state index < -0.39 is 41.7 Å². The minimum Gasteiger partial charge on any atom is -0.462 e. The Hall–Kier alpha value is 0.174. The molecule has 0 saturated heterocycles. The van der Waals surface area contributed by atoms with E-state index in [0.29, 0.717) is 12.2 Å². The first-order valence-electron chi connectivity index (χ1n) is 13.6. The lowest BCUT2D eigenvalue weighted by molar-refractivity contribution is -0.138. The lowest BCUT2D eigenvalue weighted by Crippen LogP contribution is -2.59. The number of carbonyl (C=O) groups is 1. The first-order valence-corrected chi connectivity index (χ1v) is 29.3. The molecule has 10 heteroatoms. The van der Waals surface area contributed by atoms with Gasteiger partial charge in [0.2, 0.25) is 0 Å². The Labute approximate surface area is 224 Å². The van der Waals surface area contributed by atoms with Crippen LogP contribution in [-0.2, 0) is 17.8 Å².